The zero-order valence-electron chi connectivity index (χ0n) is 11.4. The van der Waals surface area contributed by atoms with Crippen molar-refractivity contribution in [3.63, 3.8) is 0 Å². The number of ether oxygens (including phenoxy) is 1. The van der Waals surface area contributed by atoms with Crippen molar-refractivity contribution in [3.05, 3.63) is 27.2 Å². The Morgan fingerprint density at radius 2 is 2.25 bits per heavy atom. The van der Waals surface area contributed by atoms with E-state index >= 15 is 0 Å². The van der Waals surface area contributed by atoms with Gasteiger partial charge in [0, 0.05) is 18.7 Å². The average Bonchev–Trinajstić information content (AvgIpc) is 2.64. The number of hydrogen-bond donors (Lipinski definition) is 1. The van der Waals surface area contributed by atoms with Crippen molar-refractivity contribution in [2.24, 2.45) is 0 Å². The van der Waals surface area contributed by atoms with E-state index in [1.807, 2.05) is 4.57 Å². The molecule has 0 radical (unpaired) electrons. The van der Waals surface area contributed by atoms with E-state index in [1.165, 1.54) is 6.07 Å². The largest absolute Gasteiger partial charge is 0.375 e. The number of benzene rings is 1. The van der Waals surface area contributed by atoms with Gasteiger partial charge in [-0.05, 0) is 60.9 Å². The Morgan fingerprint density at radius 1 is 1.50 bits per heavy atom. The molecular formula is C14H16BrFN2OS. The molecule has 1 fully saturated rings. The predicted octanol–water partition coefficient (Wildman–Crippen LogP) is 4.73. The van der Waals surface area contributed by atoms with Crippen LogP contribution in [0.5, 0.6) is 0 Å². The van der Waals surface area contributed by atoms with Crippen LogP contribution in [0.25, 0.3) is 11.0 Å². The Kier molecular flexibility index (Phi) is 3.51. The molecule has 0 bridgehead atoms. The number of fused-ring (bicyclic) bond motifs is 1. The van der Waals surface area contributed by atoms with E-state index in [1.54, 1.807) is 6.07 Å². The molecule has 1 aliphatic rings. The van der Waals surface area contributed by atoms with Gasteiger partial charge in [-0.25, -0.2) is 4.39 Å². The van der Waals surface area contributed by atoms with Gasteiger partial charge in [0.2, 0.25) is 0 Å². The third-order valence-electron chi connectivity index (χ3n) is 3.79. The third-order valence-corrected chi connectivity index (χ3v) is 4.70. The Bertz CT molecular complexity index is 722. The summed E-state index contributed by atoms with van der Waals surface area (Å²) < 4.78 is 22.7. The molecule has 1 aliphatic heterocycles. The van der Waals surface area contributed by atoms with Gasteiger partial charge in [-0.15, -0.1) is 0 Å². The number of imidazole rings is 1. The molecular weight excluding hydrogens is 343 g/mol. The van der Waals surface area contributed by atoms with Crippen molar-refractivity contribution in [2.45, 2.75) is 38.3 Å². The third kappa shape index (κ3) is 2.44. The van der Waals surface area contributed by atoms with E-state index in [9.17, 15) is 4.39 Å². The maximum Gasteiger partial charge on any atom is 0.178 e. The highest BCUT2D eigenvalue weighted by Gasteiger charge is 2.31. The molecule has 0 aliphatic carbocycles. The summed E-state index contributed by atoms with van der Waals surface area (Å²) >= 11 is 8.63. The number of nitrogens with zero attached hydrogens (tertiary/aromatic N) is 1. The second-order valence-corrected chi connectivity index (χ2v) is 7.08. The Balaban J connectivity index is 2.13. The van der Waals surface area contributed by atoms with Crippen molar-refractivity contribution in [3.8, 4) is 0 Å². The molecule has 1 aromatic carbocycles. The zero-order chi connectivity index (χ0) is 14.5. The van der Waals surface area contributed by atoms with Crippen LogP contribution in [0.3, 0.4) is 0 Å². The van der Waals surface area contributed by atoms with Gasteiger partial charge in [0.15, 0.2) is 4.77 Å². The van der Waals surface area contributed by atoms with Crippen LogP contribution in [-0.2, 0) is 4.74 Å². The van der Waals surface area contributed by atoms with Crippen LogP contribution in [0.15, 0.2) is 16.6 Å². The lowest BCUT2D eigenvalue weighted by Gasteiger charge is -2.36. The minimum absolute atomic E-state index is 0.171. The average molecular weight is 359 g/mol. The van der Waals surface area contributed by atoms with Crippen LogP contribution in [0, 0.1) is 10.6 Å². The molecule has 2 heterocycles. The van der Waals surface area contributed by atoms with Gasteiger partial charge in [0.05, 0.1) is 21.1 Å². The van der Waals surface area contributed by atoms with Gasteiger partial charge in [0.25, 0.3) is 0 Å². The van der Waals surface area contributed by atoms with Crippen LogP contribution in [0.1, 0.15) is 32.7 Å². The highest BCUT2D eigenvalue weighted by atomic mass is 79.9. The lowest BCUT2D eigenvalue weighted by atomic mass is 9.93. The van der Waals surface area contributed by atoms with E-state index in [4.69, 9.17) is 17.0 Å². The van der Waals surface area contributed by atoms with Crippen molar-refractivity contribution in [1.29, 1.82) is 0 Å². The van der Waals surface area contributed by atoms with Gasteiger partial charge in [-0.3, -0.25) is 0 Å². The van der Waals surface area contributed by atoms with E-state index in [-0.39, 0.29) is 17.5 Å². The van der Waals surface area contributed by atoms with Crippen molar-refractivity contribution >= 4 is 39.2 Å². The molecule has 3 nitrogen and oxygen atoms in total. The lowest BCUT2D eigenvalue weighted by molar-refractivity contribution is -0.0687. The van der Waals surface area contributed by atoms with Gasteiger partial charge in [0.1, 0.15) is 5.82 Å². The summed E-state index contributed by atoms with van der Waals surface area (Å²) in [6.07, 6.45) is 1.76. The monoisotopic (exact) mass is 358 g/mol. The first-order valence-corrected chi connectivity index (χ1v) is 7.81. The molecule has 0 amide bonds. The SMILES string of the molecule is CC1(C)CC(n2c(=S)[nH]c3cc(Br)c(F)cc32)CCO1. The summed E-state index contributed by atoms with van der Waals surface area (Å²) in [6.45, 7) is 4.86. The molecule has 0 spiro atoms. The quantitative estimate of drug-likeness (QED) is 0.746. The van der Waals surface area contributed by atoms with Gasteiger partial charge < -0.3 is 14.3 Å². The summed E-state index contributed by atoms with van der Waals surface area (Å²) in [7, 11) is 0. The number of rotatable bonds is 1. The molecule has 2 aromatic rings. The highest BCUT2D eigenvalue weighted by Crippen LogP contribution is 2.35. The summed E-state index contributed by atoms with van der Waals surface area (Å²) in [6, 6.07) is 3.51. The molecule has 1 saturated heterocycles. The molecule has 20 heavy (non-hydrogen) atoms. The summed E-state index contributed by atoms with van der Waals surface area (Å²) in [5.74, 6) is -0.272. The molecule has 1 atom stereocenters. The van der Waals surface area contributed by atoms with Crippen LogP contribution in [-0.4, -0.2) is 21.8 Å². The molecule has 1 N–H and O–H groups in total. The highest BCUT2D eigenvalue weighted by molar-refractivity contribution is 9.10. The van der Waals surface area contributed by atoms with Crippen LogP contribution in [0.2, 0.25) is 0 Å². The van der Waals surface area contributed by atoms with E-state index in [2.05, 4.69) is 34.8 Å². The molecule has 1 unspecified atom stereocenters. The van der Waals surface area contributed by atoms with Gasteiger partial charge >= 0.3 is 0 Å². The van der Waals surface area contributed by atoms with Crippen molar-refractivity contribution in [1.82, 2.24) is 9.55 Å². The van der Waals surface area contributed by atoms with Crippen LogP contribution >= 0.6 is 28.1 Å². The van der Waals surface area contributed by atoms with E-state index in [0.717, 1.165) is 23.9 Å². The Hall–Kier alpha value is -0.720. The minimum atomic E-state index is -0.272. The maximum atomic E-state index is 13.8. The summed E-state index contributed by atoms with van der Waals surface area (Å²) in [4.78, 5) is 3.16. The fraction of sp³-hybridized carbons (Fsp3) is 0.500. The first-order valence-electron chi connectivity index (χ1n) is 6.61. The molecule has 3 rings (SSSR count). The number of H-pyrrole nitrogens is 1. The number of nitrogens with one attached hydrogen (secondary N) is 1. The standard InChI is InChI=1S/C14H16BrFN2OS/c1-14(2)7-8(3-4-19-14)18-12-6-10(16)9(15)5-11(12)17-13(18)20/h5-6,8H,3-4,7H2,1-2H3,(H,17,20). The summed E-state index contributed by atoms with van der Waals surface area (Å²) in [5.41, 5.74) is 1.50. The topological polar surface area (TPSA) is 29.9 Å². The van der Waals surface area contributed by atoms with E-state index < -0.39 is 0 Å². The first kappa shape index (κ1) is 14.2. The van der Waals surface area contributed by atoms with Crippen LogP contribution in [0.4, 0.5) is 4.39 Å². The number of aromatic nitrogens is 2. The Morgan fingerprint density at radius 3 is 2.95 bits per heavy atom. The van der Waals surface area contributed by atoms with Crippen molar-refractivity contribution in [2.75, 3.05) is 6.61 Å². The van der Waals surface area contributed by atoms with Gasteiger partial charge in [-0.1, -0.05) is 0 Å². The smallest absolute Gasteiger partial charge is 0.178 e. The normalized spacial score (nSPS) is 22.3. The molecule has 0 saturated carbocycles. The number of aromatic amines is 1. The Labute approximate surface area is 130 Å². The maximum absolute atomic E-state index is 13.8. The number of halogens is 2. The minimum Gasteiger partial charge on any atom is -0.375 e. The second kappa shape index (κ2) is 4.93. The summed E-state index contributed by atoms with van der Waals surface area (Å²) in [5, 5.41) is 0. The zero-order valence-corrected chi connectivity index (χ0v) is 13.8. The molecule has 6 heteroatoms. The molecule has 1 aromatic heterocycles. The molecule has 108 valence electrons. The van der Waals surface area contributed by atoms with Gasteiger partial charge in [-0.2, -0.15) is 0 Å². The second-order valence-electron chi connectivity index (χ2n) is 5.84. The van der Waals surface area contributed by atoms with Crippen molar-refractivity contribution < 1.29 is 9.13 Å². The van der Waals surface area contributed by atoms with Crippen LogP contribution < -0.4 is 0 Å². The lowest BCUT2D eigenvalue weighted by Crippen LogP contribution is -2.35. The fourth-order valence-electron chi connectivity index (χ4n) is 2.90. The number of hydrogen-bond acceptors (Lipinski definition) is 2. The van der Waals surface area contributed by atoms with E-state index in [0.29, 0.717) is 15.9 Å². The predicted molar refractivity (Wildman–Crippen MR) is 83.1 cm³/mol. The first-order chi connectivity index (χ1) is 9.37. The fourth-order valence-corrected chi connectivity index (χ4v) is 3.60.